The summed E-state index contributed by atoms with van der Waals surface area (Å²) < 4.78 is 0. The van der Waals surface area contributed by atoms with E-state index in [9.17, 15) is 4.79 Å². The van der Waals surface area contributed by atoms with Gasteiger partial charge in [-0.25, -0.2) is 0 Å². The molecule has 1 aliphatic carbocycles. The number of anilines is 1. The third-order valence-corrected chi connectivity index (χ3v) is 4.34. The first-order valence-corrected chi connectivity index (χ1v) is 6.22. The van der Waals surface area contributed by atoms with E-state index in [0.29, 0.717) is 0 Å². The minimum Gasteiger partial charge on any atom is -0.314 e. The number of allylic oxidation sites excluding steroid dienone is 2. The van der Waals surface area contributed by atoms with Crippen molar-refractivity contribution in [1.29, 1.82) is 0 Å². The number of hydrogen-bond acceptors (Lipinski definition) is 1. The van der Waals surface area contributed by atoms with Gasteiger partial charge < -0.3 is 4.90 Å². The van der Waals surface area contributed by atoms with Crippen LogP contribution in [0.1, 0.15) is 25.3 Å². The van der Waals surface area contributed by atoms with Crippen LogP contribution in [-0.2, 0) is 10.2 Å². The molecule has 0 aromatic heterocycles. The zero-order valence-corrected chi connectivity index (χ0v) is 10.3. The standard InChI is InChI=1S/C15H17NO/c1-11-7-5-6-10-15(11)12-8-3-4-9-13(12)16(2)14(15)17/h3-5,7-9,11H,6,10H2,1-2H3/t11-,15+/m1/s1. The highest BCUT2D eigenvalue weighted by Crippen LogP contribution is 2.50. The monoisotopic (exact) mass is 227 g/mol. The molecule has 0 radical (unpaired) electrons. The number of rotatable bonds is 0. The molecule has 0 saturated carbocycles. The van der Waals surface area contributed by atoms with E-state index in [4.69, 9.17) is 0 Å². The van der Waals surface area contributed by atoms with Crippen LogP contribution in [0.5, 0.6) is 0 Å². The molecule has 1 aromatic carbocycles. The maximum Gasteiger partial charge on any atom is 0.238 e. The van der Waals surface area contributed by atoms with Gasteiger partial charge in [0.15, 0.2) is 0 Å². The molecular formula is C15H17NO. The maximum absolute atomic E-state index is 12.6. The lowest BCUT2D eigenvalue weighted by Crippen LogP contribution is -2.44. The summed E-state index contributed by atoms with van der Waals surface area (Å²) in [5.41, 5.74) is 1.99. The highest BCUT2D eigenvalue weighted by atomic mass is 16.2. The van der Waals surface area contributed by atoms with E-state index >= 15 is 0 Å². The summed E-state index contributed by atoms with van der Waals surface area (Å²) in [5.74, 6) is 0.547. The molecule has 1 aliphatic heterocycles. The molecule has 1 amide bonds. The lowest BCUT2D eigenvalue weighted by molar-refractivity contribution is -0.124. The van der Waals surface area contributed by atoms with E-state index in [1.54, 1.807) is 0 Å². The number of hydrogen-bond donors (Lipinski definition) is 0. The van der Waals surface area contributed by atoms with Gasteiger partial charge in [0.1, 0.15) is 0 Å². The largest absolute Gasteiger partial charge is 0.314 e. The van der Waals surface area contributed by atoms with Crippen LogP contribution < -0.4 is 4.90 Å². The molecule has 1 aromatic rings. The van der Waals surface area contributed by atoms with Gasteiger partial charge in [-0.2, -0.15) is 0 Å². The average Bonchev–Trinajstić information content (AvgIpc) is 2.57. The topological polar surface area (TPSA) is 20.3 Å². The Morgan fingerprint density at radius 1 is 1.35 bits per heavy atom. The Morgan fingerprint density at radius 2 is 2.12 bits per heavy atom. The lowest BCUT2D eigenvalue weighted by atomic mass is 9.66. The van der Waals surface area contributed by atoms with Gasteiger partial charge in [-0.1, -0.05) is 37.3 Å². The second-order valence-electron chi connectivity index (χ2n) is 5.11. The van der Waals surface area contributed by atoms with Gasteiger partial charge in [-0.3, -0.25) is 4.79 Å². The third-order valence-electron chi connectivity index (χ3n) is 4.34. The Labute approximate surface area is 102 Å². The fourth-order valence-corrected chi connectivity index (χ4v) is 3.35. The molecule has 0 bridgehead atoms. The highest BCUT2D eigenvalue weighted by Gasteiger charge is 2.52. The molecule has 2 nitrogen and oxygen atoms in total. The van der Waals surface area contributed by atoms with Crippen LogP contribution in [0.4, 0.5) is 5.69 Å². The molecule has 88 valence electrons. The SMILES string of the molecule is C[C@@H]1C=CCC[C@]12C(=O)N(C)c1ccccc12. The first-order chi connectivity index (χ1) is 8.18. The van der Waals surface area contributed by atoms with Crippen molar-refractivity contribution in [2.24, 2.45) is 5.92 Å². The number of benzene rings is 1. The van der Waals surface area contributed by atoms with Crippen LogP contribution >= 0.6 is 0 Å². The van der Waals surface area contributed by atoms with Gasteiger partial charge in [0.2, 0.25) is 5.91 Å². The quantitative estimate of drug-likeness (QED) is 0.624. The molecular weight excluding hydrogens is 210 g/mol. The number of fused-ring (bicyclic) bond motifs is 2. The van der Waals surface area contributed by atoms with Gasteiger partial charge in [-0.05, 0) is 30.4 Å². The smallest absolute Gasteiger partial charge is 0.238 e. The molecule has 2 aliphatic rings. The van der Waals surface area contributed by atoms with Crippen molar-refractivity contribution in [1.82, 2.24) is 0 Å². The second-order valence-corrected chi connectivity index (χ2v) is 5.11. The maximum atomic E-state index is 12.6. The summed E-state index contributed by atoms with van der Waals surface area (Å²) in [4.78, 5) is 14.5. The lowest BCUT2D eigenvalue weighted by Gasteiger charge is -2.35. The number of para-hydroxylation sites is 1. The third kappa shape index (κ3) is 1.18. The number of carbonyl (C=O) groups is 1. The van der Waals surface area contributed by atoms with Crippen molar-refractivity contribution < 1.29 is 4.79 Å². The Bertz CT molecular complexity index is 505. The number of carbonyl (C=O) groups excluding carboxylic acids is 1. The van der Waals surface area contributed by atoms with E-state index in [1.165, 1.54) is 5.56 Å². The van der Waals surface area contributed by atoms with Gasteiger partial charge in [-0.15, -0.1) is 0 Å². The van der Waals surface area contributed by atoms with Crippen LogP contribution in [0.3, 0.4) is 0 Å². The Morgan fingerprint density at radius 3 is 2.88 bits per heavy atom. The van der Waals surface area contributed by atoms with E-state index in [1.807, 2.05) is 30.1 Å². The molecule has 2 atom stereocenters. The first-order valence-electron chi connectivity index (χ1n) is 6.22. The van der Waals surface area contributed by atoms with Crippen molar-refractivity contribution in [3.05, 3.63) is 42.0 Å². The normalized spacial score (nSPS) is 31.1. The predicted octanol–water partition coefficient (Wildman–Crippen LogP) is 2.89. The van der Waals surface area contributed by atoms with Crippen LogP contribution in [-0.4, -0.2) is 13.0 Å². The van der Waals surface area contributed by atoms with Gasteiger partial charge >= 0.3 is 0 Å². The number of amides is 1. The Kier molecular flexibility index (Phi) is 2.15. The first kappa shape index (κ1) is 10.6. The minimum atomic E-state index is -0.305. The van der Waals surface area contributed by atoms with Crippen molar-refractivity contribution in [3.63, 3.8) is 0 Å². The molecule has 0 unspecified atom stereocenters. The van der Waals surface area contributed by atoms with Crippen molar-refractivity contribution in [2.75, 3.05) is 11.9 Å². The van der Waals surface area contributed by atoms with Gasteiger partial charge in [0.05, 0.1) is 5.41 Å². The van der Waals surface area contributed by atoms with Crippen molar-refractivity contribution in [2.45, 2.75) is 25.2 Å². The van der Waals surface area contributed by atoms with Crippen molar-refractivity contribution in [3.8, 4) is 0 Å². The average molecular weight is 227 g/mol. The highest BCUT2D eigenvalue weighted by molar-refractivity contribution is 6.08. The molecule has 0 N–H and O–H groups in total. The Hall–Kier alpha value is -1.57. The zero-order valence-electron chi connectivity index (χ0n) is 10.3. The minimum absolute atomic E-state index is 0.260. The molecule has 17 heavy (non-hydrogen) atoms. The van der Waals surface area contributed by atoms with Crippen LogP contribution in [0.15, 0.2) is 36.4 Å². The summed E-state index contributed by atoms with van der Waals surface area (Å²) in [6, 6.07) is 8.21. The number of likely N-dealkylation sites (N-methyl/N-ethyl adjacent to an activating group) is 1. The van der Waals surface area contributed by atoms with E-state index in [-0.39, 0.29) is 17.2 Å². The van der Waals surface area contributed by atoms with E-state index in [2.05, 4.69) is 25.1 Å². The molecule has 2 heteroatoms. The van der Waals surface area contributed by atoms with Crippen molar-refractivity contribution >= 4 is 11.6 Å². The summed E-state index contributed by atoms with van der Waals surface area (Å²) in [6.45, 7) is 2.16. The van der Waals surface area contributed by atoms with Crippen LogP contribution in [0, 0.1) is 5.92 Å². The molecule has 0 fully saturated rings. The van der Waals surface area contributed by atoms with E-state index in [0.717, 1.165) is 18.5 Å². The Balaban J connectivity index is 2.24. The van der Waals surface area contributed by atoms with E-state index < -0.39 is 0 Å². The molecule has 1 heterocycles. The second kappa shape index (κ2) is 3.46. The number of nitrogens with zero attached hydrogens (tertiary/aromatic N) is 1. The molecule has 1 spiro atoms. The summed E-state index contributed by atoms with van der Waals surface area (Å²) in [6.07, 6.45) is 6.32. The van der Waals surface area contributed by atoms with Gasteiger partial charge in [0.25, 0.3) is 0 Å². The summed E-state index contributed by atoms with van der Waals surface area (Å²) in [5, 5.41) is 0. The summed E-state index contributed by atoms with van der Waals surface area (Å²) >= 11 is 0. The fourth-order valence-electron chi connectivity index (χ4n) is 3.35. The predicted molar refractivity (Wildman–Crippen MR) is 69.1 cm³/mol. The van der Waals surface area contributed by atoms with Gasteiger partial charge in [0, 0.05) is 12.7 Å². The fraction of sp³-hybridized carbons (Fsp3) is 0.400. The summed E-state index contributed by atoms with van der Waals surface area (Å²) in [7, 11) is 1.89. The van der Waals surface area contributed by atoms with Crippen LogP contribution in [0.2, 0.25) is 0 Å². The molecule has 3 rings (SSSR count). The molecule has 0 saturated heterocycles. The van der Waals surface area contributed by atoms with Crippen LogP contribution in [0.25, 0.3) is 0 Å². The zero-order chi connectivity index (χ0) is 12.0.